The van der Waals surface area contributed by atoms with Crippen LogP contribution in [0.4, 0.5) is 0 Å². The first-order valence-electron chi connectivity index (χ1n) is 11.5. The summed E-state index contributed by atoms with van der Waals surface area (Å²) in [4.78, 5) is 5.28. The third kappa shape index (κ3) is 6.28. The van der Waals surface area contributed by atoms with Crippen LogP contribution in [0.15, 0.2) is 24.3 Å². The van der Waals surface area contributed by atoms with Gasteiger partial charge in [0.05, 0.1) is 6.61 Å². The molecule has 0 spiro atoms. The average molecular weight is 388 g/mol. The van der Waals surface area contributed by atoms with E-state index in [9.17, 15) is 5.11 Å². The lowest BCUT2D eigenvalue weighted by Gasteiger charge is -2.45. The topological polar surface area (TPSA) is 38.7 Å². The fourth-order valence-corrected chi connectivity index (χ4v) is 5.15. The Labute approximate surface area is 172 Å². The van der Waals surface area contributed by atoms with E-state index in [0.29, 0.717) is 6.04 Å². The lowest BCUT2D eigenvalue weighted by atomic mass is 9.84. The van der Waals surface area contributed by atoms with Gasteiger partial charge in [-0.25, -0.2) is 0 Å². The van der Waals surface area contributed by atoms with E-state index in [2.05, 4.69) is 46.3 Å². The molecule has 0 amide bonds. The maximum absolute atomic E-state index is 9.86. The van der Waals surface area contributed by atoms with Crippen molar-refractivity contribution in [2.75, 3.05) is 46.4 Å². The number of nitrogens with zero attached hydrogens (tertiary/aromatic N) is 2. The van der Waals surface area contributed by atoms with Gasteiger partial charge in [-0.2, -0.15) is 0 Å². The van der Waals surface area contributed by atoms with Crippen LogP contribution in [0.1, 0.15) is 49.7 Å². The molecule has 0 aromatic heterocycles. The molecule has 2 aliphatic rings. The number of piperazine rings is 1. The Morgan fingerprint density at radius 3 is 2.54 bits per heavy atom. The van der Waals surface area contributed by atoms with Crippen LogP contribution in [0.2, 0.25) is 0 Å². The van der Waals surface area contributed by atoms with Crippen LogP contribution in [0.5, 0.6) is 0 Å². The van der Waals surface area contributed by atoms with Crippen molar-refractivity contribution in [1.29, 1.82) is 0 Å². The van der Waals surface area contributed by atoms with Gasteiger partial charge in [0.2, 0.25) is 0 Å². The van der Waals surface area contributed by atoms with Gasteiger partial charge < -0.3 is 10.4 Å². The molecule has 1 saturated heterocycles. The highest BCUT2D eigenvalue weighted by atomic mass is 16.3. The average Bonchev–Trinajstić information content (AvgIpc) is 2.73. The van der Waals surface area contributed by atoms with Crippen LogP contribution in [-0.2, 0) is 6.42 Å². The predicted molar refractivity (Wildman–Crippen MR) is 118 cm³/mol. The fourth-order valence-electron chi connectivity index (χ4n) is 5.15. The summed E-state index contributed by atoms with van der Waals surface area (Å²) in [6.07, 6.45) is 9.58. The van der Waals surface area contributed by atoms with Gasteiger partial charge in [-0.1, -0.05) is 61.9 Å². The third-order valence-electron chi connectivity index (χ3n) is 6.94. The normalized spacial score (nSPS) is 23.8. The van der Waals surface area contributed by atoms with Crippen molar-refractivity contribution in [3.63, 3.8) is 0 Å². The number of nitrogens with one attached hydrogen (secondary N) is 1. The molecule has 2 fully saturated rings. The molecule has 4 heteroatoms. The Bertz CT molecular complexity index is 555. The first kappa shape index (κ1) is 21.8. The van der Waals surface area contributed by atoms with E-state index in [1.54, 1.807) is 0 Å². The number of aryl methyl sites for hydroxylation is 1. The van der Waals surface area contributed by atoms with Crippen LogP contribution in [0.3, 0.4) is 0 Å². The monoisotopic (exact) mass is 387 g/mol. The highest BCUT2D eigenvalue weighted by molar-refractivity contribution is 5.21. The summed E-state index contributed by atoms with van der Waals surface area (Å²) in [5.74, 6) is 0.900. The molecule has 1 aliphatic carbocycles. The van der Waals surface area contributed by atoms with E-state index >= 15 is 0 Å². The SMILES string of the molecule is CNC[C@@H](CO)N1CCN(CCc2ccc(C)cc2)[C@H](CC2CCCCC2)C1. The Hall–Kier alpha value is -0.940. The molecule has 2 atom stereocenters. The molecule has 1 aromatic rings. The summed E-state index contributed by atoms with van der Waals surface area (Å²) >= 11 is 0. The van der Waals surface area contributed by atoms with E-state index in [0.717, 1.165) is 45.1 Å². The zero-order valence-corrected chi connectivity index (χ0v) is 18.1. The number of benzene rings is 1. The number of rotatable bonds is 9. The van der Waals surface area contributed by atoms with Crippen LogP contribution in [0.25, 0.3) is 0 Å². The van der Waals surface area contributed by atoms with Gasteiger partial charge in [0, 0.05) is 44.8 Å². The summed E-state index contributed by atoms with van der Waals surface area (Å²) in [5, 5.41) is 13.1. The molecule has 0 radical (unpaired) electrons. The van der Waals surface area contributed by atoms with E-state index in [-0.39, 0.29) is 12.6 Å². The number of hydrogen-bond donors (Lipinski definition) is 2. The Balaban J connectivity index is 1.61. The number of aliphatic hydroxyl groups excluding tert-OH is 1. The van der Waals surface area contributed by atoms with Gasteiger partial charge in [-0.05, 0) is 38.3 Å². The summed E-state index contributed by atoms with van der Waals surface area (Å²) in [7, 11) is 1.99. The minimum absolute atomic E-state index is 0.248. The highest BCUT2D eigenvalue weighted by Crippen LogP contribution is 2.30. The van der Waals surface area contributed by atoms with E-state index in [1.165, 1.54) is 49.7 Å². The van der Waals surface area contributed by atoms with Gasteiger partial charge in [-0.15, -0.1) is 0 Å². The molecule has 158 valence electrons. The van der Waals surface area contributed by atoms with Crippen LogP contribution < -0.4 is 5.32 Å². The van der Waals surface area contributed by atoms with E-state index < -0.39 is 0 Å². The molecular formula is C24H41N3O. The van der Waals surface area contributed by atoms with E-state index in [4.69, 9.17) is 0 Å². The van der Waals surface area contributed by atoms with Gasteiger partial charge in [0.15, 0.2) is 0 Å². The Morgan fingerprint density at radius 1 is 1.11 bits per heavy atom. The minimum atomic E-state index is 0.248. The number of hydrogen-bond acceptors (Lipinski definition) is 4. The van der Waals surface area contributed by atoms with Crippen molar-refractivity contribution in [3.8, 4) is 0 Å². The summed E-state index contributed by atoms with van der Waals surface area (Å²) < 4.78 is 0. The quantitative estimate of drug-likeness (QED) is 0.683. The molecule has 4 nitrogen and oxygen atoms in total. The highest BCUT2D eigenvalue weighted by Gasteiger charge is 2.32. The van der Waals surface area contributed by atoms with Crippen molar-refractivity contribution in [2.24, 2.45) is 5.92 Å². The van der Waals surface area contributed by atoms with Gasteiger partial charge in [-0.3, -0.25) is 9.80 Å². The summed E-state index contributed by atoms with van der Waals surface area (Å²) in [5.41, 5.74) is 2.79. The molecule has 1 heterocycles. The molecule has 0 bridgehead atoms. The maximum Gasteiger partial charge on any atom is 0.0599 e. The molecule has 0 unspecified atom stereocenters. The zero-order valence-electron chi connectivity index (χ0n) is 18.1. The largest absolute Gasteiger partial charge is 0.395 e. The number of likely N-dealkylation sites (N-methyl/N-ethyl adjacent to an activating group) is 1. The molecule has 28 heavy (non-hydrogen) atoms. The van der Waals surface area contributed by atoms with Crippen molar-refractivity contribution >= 4 is 0 Å². The molecular weight excluding hydrogens is 346 g/mol. The van der Waals surface area contributed by atoms with Gasteiger partial charge in [0.1, 0.15) is 0 Å². The molecule has 1 aromatic carbocycles. The Morgan fingerprint density at radius 2 is 1.86 bits per heavy atom. The smallest absolute Gasteiger partial charge is 0.0599 e. The molecule has 1 aliphatic heterocycles. The first-order valence-corrected chi connectivity index (χ1v) is 11.5. The molecule has 2 N–H and O–H groups in total. The molecule has 3 rings (SSSR count). The van der Waals surface area contributed by atoms with Crippen molar-refractivity contribution in [2.45, 2.75) is 64.0 Å². The lowest BCUT2D eigenvalue weighted by molar-refractivity contribution is 0.0189. The van der Waals surface area contributed by atoms with Gasteiger partial charge >= 0.3 is 0 Å². The van der Waals surface area contributed by atoms with Crippen LogP contribution in [-0.4, -0.2) is 73.4 Å². The van der Waals surface area contributed by atoms with Crippen molar-refractivity contribution in [1.82, 2.24) is 15.1 Å². The standard InChI is InChI=1S/C24H41N3O/c1-20-8-10-21(11-9-20)12-13-26-14-15-27(24(19-28)17-25-2)18-23(26)16-22-6-4-3-5-7-22/h8-11,22-25,28H,3-7,12-19H2,1-2H3/t23-,24+/m1/s1. The Kier molecular flexibility index (Phi) is 8.78. The fraction of sp³-hybridized carbons (Fsp3) is 0.750. The molecule has 1 saturated carbocycles. The second kappa shape index (κ2) is 11.3. The third-order valence-corrected chi connectivity index (χ3v) is 6.94. The second-order valence-electron chi connectivity index (χ2n) is 9.05. The summed E-state index contributed by atoms with van der Waals surface area (Å²) in [6, 6.07) is 9.92. The zero-order chi connectivity index (χ0) is 19.8. The summed E-state index contributed by atoms with van der Waals surface area (Å²) in [6.45, 7) is 7.75. The number of aliphatic hydroxyl groups is 1. The van der Waals surface area contributed by atoms with Crippen LogP contribution in [0, 0.1) is 12.8 Å². The van der Waals surface area contributed by atoms with Crippen molar-refractivity contribution in [3.05, 3.63) is 35.4 Å². The van der Waals surface area contributed by atoms with E-state index in [1.807, 2.05) is 7.05 Å². The maximum atomic E-state index is 9.86. The first-order chi connectivity index (χ1) is 13.7. The van der Waals surface area contributed by atoms with Crippen molar-refractivity contribution < 1.29 is 5.11 Å². The minimum Gasteiger partial charge on any atom is -0.395 e. The predicted octanol–water partition coefficient (Wildman–Crippen LogP) is 3.07. The second-order valence-corrected chi connectivity index (χ2v) is 9.05. The van der Waals surface area contributed by atoms with Gasteiger partial charge in [0.25, 0.3) is 0 Å². The lowest BCUT2D eigenvalue weighted by Crippen LogP contribution is -2.58. The van der Waals surface area contributed by atoms with Crippen LogP contribution >= 0.6 is 0 Å².